The van der Waals surface area contributed by atoms with Gasteiger partial charge in [-0.05, 0) is 24.3 Å². The molecule has 1 amide bonds. The first-order valence-electron chi connectivity index (χ1n) is 5.69. The van der Waals surface area contributed by atoms with Crippen LogP contribution in [0.3, 0.4) is 0 Å². The number of aromatic nitrogens is 1. The molecule has 0 fully saturated rings. The highest BCUT2D eigenvalue weighted by Crippen LogP contribution is 2.10. The van der Waals surface area contributed by atoms with Crippen LogP contribution in [0.2, 0.25) is 0 Å². The van der Waals surface area contributed by atoms with Crippen LogP contribution in [0, 0.1) is 0 Å². The highest BCUT2D eigenvalue weighted by Gasteiger charge is 2.15. The van der Waals surface area contributed by atoms with E-state index in [1.807, 2.05) is 12.1 Å². The van der Waals surface area contributed by atoms with Gasteiger partial charge in [0.15, 0.2) is 0 Å². The minimum absolute atomic E-state index is 0.185. The fourth-order valence-corrected chi connectivity index (χ4v) is 1.63. The summed E-state index contributed by atoms with van der Waals surface area (Å²) in [4.78, 5) is 16.1. The van der Waals surface area contributed by atoms with Crippen LogP contribution in [0.4, 0.5) is 0 Å². The van der Waals surface area contributed by atoms with Crippen molar-refractivity contribution < 1.29 is 9.90 Å². The molecule has 4 heteroatoms. The van der Waals surface area contributed by atoms with E-state index < -0.39 is 6.04 Å². The largest absolute Gasteiger partial charge is 0.394 e. The normalized spacial score (nSPS) is 11.8. The molecule has 0 spiro atoms. The number of benzene rings is 1. The molecule has 0 aliphatic heterocycles. The number of aliphatic hydroxyl groups excluding tert-OH is 1. The van der Waals surface area contributed by atoms with Gasteiger partial charge in [0.05, 0.1) is 18.3 Å². The van der Waals surface area contributed by atoms with Crippen molar-refractivity contribution in [1.82, 2.24) is 10.3 Å². The number of rotatable bonds is 4. The van der Waals surface area contributed by atoms with E-state index >= 15 is 0 Å². The number of pyridine rings is 1. The standard InChI is InChI=1S/C14H14N2O2/c17-10-13(12-8-4-5-9-15-12)16-14(18)11-6-2-1-3-7-11/h1-9,13,17H,10H2,(H,16,18)/t13-/m1/s1. The van der Waals surface area contributed by atoms with Gasteiger partial charge in [0, 0.05) is 11.8 Å². The van der Waals surface area contributed by atoms with Crippen molar-refractivity contribution in [2.45, 2.75) is 6.04 Å². The van der Waals surface area contributed by atoms with E-state index in [0.717, 1.165) is 0 Å². The maximum atomic E-state index is 11.9. The van der Waals surface area contributed by atoms with E-state index in [0.29, 0.717) is 11.3 Å². The van der Waals surface area contributed by atoms with E-state index in [1.54, 1.807) is 42.6 Å². The molecule has 0 bridgehead atoms. The Hall–Kier alpha value is -2.20. The lowest BCUT2D eigenvalue weighted by Gasteiger charge is -2.15. The van der Waals surface area contributed by atoms with Crippen molar-refractivity contribution in [3.63, 3.8) is 0 Å². The van der Waals surface area contributed by atoms with Crippen molar-refractivity contribution in [3.05, 3.63) is 66.0 Å². The van der Waals surface area contributed by atoms with Crippen LogP contribution >= 0.6 is 0 Å². The molecule has 2 N–H and O–H groups in total. The predicted octanol–water partition coefficient (Wildman–Crippen LogP) is 1.55. The molecule has 0 saturated carbocycles. The van der Waals surface area contributed by atoms with Gasteiger partial charge in [-0.2, -0.15) is 0 Å². The summed E-state index contributed by atoms with van der Waals surface area (Å²) in [7, 11) is 0. The number of carbonyl (C=O) groups excluding carboxylic acids is 1. The minimum atomic E-state index is -0.487. The Bertz CT molecular complexity index is 500. The second-order valence-electron chi connectivity index (χ2n) is 3.83. The molecular weight excluding hydrogens is 228 g/mol. The summed E-state index contributed by atoms with van der Waals surface area (Å²) >= 11 is 0. The van der Waals surface area contributed by atoms with Crippen LogP contribution in [-0.4, -0.2) is 22.6 Å². The Kier molecular flexibility index (Phi) is 4.04. The van der Waals surface area contributed by atoms with Crippen molar-refractivity contribution in [2.75, 3.05) is 6.61 Å². The highest BCUT2D eigenvalue weighted by molar-refractivity contribution is 5.94. The molecule has 1 atom stereocenters. The van der Waals surface area contributed by atoms with Gasteiger partial charge < -0.3 is 10.4 Å². The maximum absolute atomic E-state index is 11.9. The number of hydrogen-bond acceptors (Lipinski definition) is 3. The monoisotopic (exact) mass is 242 g/mol. The van der Waals surface area contributed by atoms with Crippen molar-refractivity contribution >= 4 is 5.91 Å². The molecule has 0 aliphatic carbocycles. The molecule has 4 nitrogen and oxygen atoms in total. The van der Waals surface area contributed by atoms with Gasteiger partial charge in [0.1, 0.15) is 0 Å². The zero-order valence-electron chi connectivity index (χ0n) is 9.78. The van der Waals surface area contributed by atoms with Gasteiger partial charge in [0.25, 0.3) is 5.91 Å². The molecule has 0 unspecified atom stereocenters. The SMILES string of the molecule is O=C(N[C@H](CO)c1ccccn1)c1ccccc1. The molecule has 0 aliphatic rings. The van der Waals surface area contributed by atoms with Gasteiger partial charge >= 0.3 is 0 Å². The lowest BCUT2D eigenvalue weighted by molar-refractivity contribution is 0.0914. The first-order chi connectivity index (χ1) is 8.81. The lowest BCUT2D eigenvalue weighted by Crippen LogP contribution is -2.31. The average molecular weight is 242 g/mol. The summed E-state index contributed by atoms with van der Waals surface area (Å²) in [5.74, 6) is -0.222. The Balaban J connectivity index is 2.10. The topological polar surface area (TPSA) is 62.2 Å². The summed E-state index contributed by atoms with van der Waals surface area (Å²) in [6.45, 7) is -0.185. The second kappa shape index (κ2) is 5.93. The number of amides is 1. The van der Waals surface area contributed by atoms with Gasteiger partial charge in [-0.3, -0.25) is 9.78 Å². The summed E-state index contributed by atoms with van der Waals surface area (Å²) < 4.78 is 0. The Labute approximate surface area is 105 Å². The summed E-state index contributed by atoms with van der Waals surface area (Å²) in [5, 5.41) is 12.1. The van der Waals surface area contributed by atoms with E-state index in [2.05, 4.69) is 10.3 Å². The summed E-state index contributed by atoms with van der Waals surface area (Å²) in [6.07, 6.45) is 1.63. The van der Waals surface area contributed by atoms with E-state index in [-0.39, 0.29) is 12.5 Å². The average Bonchev–Trinajstić information content (AvgIpc) is 2.46. The minimum Gasteiger partial charge on any atom is -0.394 e. The molecule has 92 valence electrons. The zero-order chi connectivity index (χ0) is 12.8. The number of hydrogen-bond donors (Lipinski definition) is 2. The molecule has 2 rings (SSSR count). The molecule has 2 aromatic rings. The van der Waals surface area contributed by atoms with Crippen LogP contribution in [0.1, 0.15) is 22.1 Å². The fraction of sp³-hybridized carbons (Fsp3) is 0.143. The van der Waals surface area contributed by atoms with Crippen LogP contribution in [0.5, 0.6) is 0 Å². The highest BCUT2D eigenvalue weighted by atomic mass is 16.3. The molecule has 1 aromatic heterocycles. The van der Waals surface area contributed by atoms with Gasteiger partial charge in [-0.15, -0.1) is 0 Å². The van der Waals surface area contributed by atoms with E-state index in [9.17, 15) is 9.90 Å². The Morgan fingerprint density at radius 3 is 2.50 bits per heavy atom. The third-order valence-electron chi connectivity index (χ3n) is 2.57. The van der Waals surface area contributed by atoms with Gasteiger partial charge in [-0.1, -0.05) is 24.3 Å². The third kappa shape index (κ3) is 2.93. The molecule has 1 heterocycles. The second-order valence-corrected chi connectivity index (χ2v) is 3.83. The lowest BCUT2D eigenvalue weighted by atomic mass is 10.1. The van der Waals surface area contributed by atoms with Crippen molar-refractivity contribution in [1.29, 1.82) is 0 Å². The van der Waals surface area contributed by atoms with Crippen LogP contribution in [0.25, 0.3) is 0 Å². The third-order valence-corrected chi connectivity index (χ3v) is 2.57. The first-order valence-corrected chi connectivity index (χ1v) is 5.69. The number of carbonyl (C=O) groups is 1. The van der Waals surface area contributed by atoms with Gasteiger partial charge in [-0.25, -0.2) is 0 Å². The predicted molar refractivity (Wildman–Crippen MR) is 68.0 cm³/mol. The Morgan fingerprint density at radius 2 is 1.89 bits per heavy atom. The van der Waals surface area contributed by atoms with Crippen molar-refractivity contribution in [3.8, 4) is 0 Å². The fourth-order valence-electron chi connectivity index (χ4n) is 1.63. The maximum Gasteiger partial charge on any atom is 0.251 e. The molecule has 1 aromatic carbocycles. The number of nitrogens with zero attached hydrogens (tertiary/aromatic N) is 1. The van der Waals surface area contributed by atoms with Crippen molar-refractivity contribution in [2.24, 2.45) is 0 Å². The quantitative estimate of drug-likeness (QED) is 0.855. The zero-order valence-corrected chi connectivity index (χ0v) is 9.78. The van der Waals surface area contributed by atoms with Crippen LogP contribution in [-0.2, 0) is 0 Å². The number of aliphatic hydroxyl groups is 1. The Morgan fingerprint density at radius 1 is 1.17 bits per heavy atom. The number of nitrogens with one attached hydrogen (secondary N) is 1. The molecular formula is C14H14N2O2. The molecule has 18 heavy (non-hydrogen) atoms. The summed E-state index contributed by atoms with van der Waals surface area (Å²) in [6, 6.07) is 13.8. The molecule has 0 radical (unpaired) electrons. The van der Waals surface area contributed by atoms with Crippen LogP contribution in [0.15, 0.2) is 54.7 Å². The van der Waals surface area contributed by atoms with Crippen LogP contribution < -0.4 is 5.32 Å². The molecule has 0 saturated heterocycles. The summed E-state index contributed by atoms with van der Waals surface area (Å²) in [5.41, 5.74) is 1.20. The smallest absolute Gasteiger partial charge is 0.251 e. The van der Waals surface area contributed by atoms with E-state index in [1.165, 1.54) is 0 Å². The van der Waals surface area contributed by atoms with Gasteiger partial charge in [0.2, 0.25) is 0 Å². The first kappa shape index (κ1) is 12.3. The van der Waals surface area contributed by atoms with E-state index in [4.69, 9.17) is 0 Å².